The third kappa shape index (κ3) is 4.54. The summed E-state index contributed by atoms with van der Waals surface area (Å²) in [5.41, 5.74) is 3.26. The van der Waals surface area contributed by atoms with Gasteiger partial charge in [-0.2, -0.15) is 4.99 Å². The summed E-state index contributed by atoms with van der Waals surface area (Å²) in [5.74, 6) is 5.48. The SMILES string of the molecule is CN(C)Cc1ccc(CN2C(c3cncc(F)c3)=NC3=C(N=NN)N=C(Cl)NC32)cc1. The van der Waals surface area contributed by atoms with Gasteiger partial charge in [0.1, 0.15) is 17.3 Å². The average Bonchev–Trinajstić information content (AvgIpc) is 3.08. The number of nitrogens with two attached hydrogens (primary N) is 1. The van der Waals surface area contributed by atoms with Gasteiger partial charge >= 0.3 is 0 Å². The van der Waals surface area contributed by atoms with Crippen molar-refractivity contribution in [2.75, 3.05) is 14.1 Å². The first kappa shape index (κ1) is 20.9. The lowest BCUT2D eigenvalue weighted by Gasteiger charge is -2.30. The van der Waals surface area contributed by atoms with Gasteiger partial charge in [0.05, 0.1) is 6.20 Å². The van der Waals surface area contributed by atoms with Crippen molar-refractivity contribution in [1.29, 1.82) is 0 Å². The van der Waals surface area contributed by atoms with Gasteiger partial charge in [0.25, 0.3) is 0 Å². The van der Waals surface area contributed by atoms with Crippen LogP contribution in [0.15, 0.2) is 74.6 Å². The highest BCUT2D eigenvalue weighted by Gasteiger charge is 2.38. The van der Waals surface area contributed by atoms with E-state index in [1.807, 2.05) is 19.0 Å². The first-order valence-electron chi connectivity index (χ1n) is 9.49. The normalized spacial score (nSPS) is 18.4. The second kappa shape index (κ2) is 8.78. The van der Waals surface area contributed by atoms with E-state index in [2.05, 4.69) is 59.8 Å². The monoisotopic (exact) mass is 441 g/mol. The quantitative estimate of drug-likeness (QED) is 0.310. The molecule has 0 aliphatic carbocycles. The summed E-state index contributed by atoms with van der Waals surface area (Å²) >= 11 is 6.18. The number of amidine groups is 2. The standard InChI is InChI=1S/C20H21ClFN9/c1-30(2)10-12-3-5-13(6-4-12)11-31-18(14-7-15(22)9-24-8-14)25-16-17(28-29-23)26-20(21)27-19(16)31/h3-9,19H,10-11H2,1-2H3,(H2,23,28)(H,26,27). The lowest BCUT2D eigenvalue weighted by Crippen LogP contribution is -2.48. The van der Waals surface area contributed by atoms with Crippen molar-refractivity contribution in [3.63, 3.8) is 0 Å². The number of nitrogens with zero attached hydrogens (tertiary/aromatic N) is 7. The molecule has 0 saturated carbocycles. The Morgan fingerprint density at radius 3 is 2.61 bits per heavy atom. The molecule has 1 atom stereocenters. The van der Waals surface area contributed by atoms with E-state index in [1.165, 1.54) is 11.6 Å². The summed E-state index contributed by atoms with van der Waals surface area (Å²) in [5, 5.41) is 10.4. The molecular weight excluding hydrogens is 421 g/mol. The van der Waals surface area contributed by atoms with Crippen LogP contribution in [-0.2, 0) is 13.1 Å². The fourth-order valence-corrected chi connectivity index (χ4v) is 3.68. The van der Waals surface area contributed by atoms with Gasteiger partial charge < -0.3 is 21.0 Å². The van der Waals surface area contributed by atoms with Crippen LogP contribution < -0.4 is 11.2 Å². The average molecular weight is 442 g/mol. The Labute approximate surface area is 183 Å². The van der Waals surface area contributed by atoms with Crippen molar-refractivity contribution in [1.82, 2.24) is 20.1 Å². The zero-order chi connectivity index (χ0) is 22.0. The largest absolute Gasteiger partial charge is 0.335 e. The molecule has 31 heavy (non-hydrogen) atoms. The Hall–Kier alpha value is -3.37. The molecule has 4 rings (SSSR count). The Kier molecular flexibility index (Phi) is 5.92. The van der Waals surface area contributed by atoms with E-state index >= 15 is 0 Å². The summed E-state index contributed by atoms with van der Waals surface area (Å²) < 4.78 is 13.9. The third-order valence-electron chi connectivity index (χ3n) is 4.75. The maximum Gasteiger partial charge on any atom is 0.204 e. The molecule has 1 aromatic heterocycles. The second-order valence-corrected chi connectivity index (χ2v) is 7.74. The predicted octanol–water partition coefficient (Wildman–Crippen LogP) is 2.56. The number of aromatic nitrogens is 1. The molecule has 2 aliphatic heterocycles. The van der Waals surface area contributed by atoms with Crippen LogP contribution in [-0.4, -0.2) is 46.2 Å². The van der Waals surface area contributed by atoms with Crippen LogP contribution in [0.5, 0.6) is 0 Å². The third-order valence-corrected chi connectivity index (χ3v) is 4.94. The van der Waals surface area contributed by atoms with Gasteiger partial charge in [-0.3, -0.25) is 4.98 Å². The molecule has 0 bridgehead atoms. The zero-order valence-corrected chi connectivity index (χ0v) is 17.8. The van der Waals surface area contributed by atoms with Gasteiger partial charge in [0.15, 0.2) is 11.5 Å². The van der Waals surface area contributed by atoms with Crippen molar-refractivity contribution in [3.05, 3.63) is 76.8 Å². The lowest BCUT2D eigenvalue weighted by molar-refractivity contribution is 0.336. The number of pyridine rings is 1. The highest BCUT2D eigenvalue weighted by Crippen LogP contribution is 2.31. The number of halogens is 2. The summed E-state index contributed by atoms with van der Waals surface area (Å²) in [6.07, 6.45) is 2.23. The molecule has 0 spiro atoms. The molecule has 3 heterocycles. The highest BCUT2D eigenvalue weighted by molar-refractivity contribution is 6.65. The summed E-state index contributed by atoms with van der Waals surface area (Å²) in [6.45, 7) is 1.33. The van der Waals surface area contributed by atoms with Gasteiger partial charge in [-0.1, -0.05) is 29.5 Å². The van der Waals surface area contributed by atoms with Gasteiger partial charge in [0, 0.05) is 24.8 Å². The van der Waals surface area contributed by atoms with Crippen molar-refractivity contribution in [3.8, 4) is 0 Å². The van der Waals surface area contributed by atoms with Crippen molar-refractivity contribution < 1.29 is 4.39 Å². The Bertz CT molecular complexity index is 1090. The Morgan fingerprint density at radius 1 is 1.19 bits per heavy atom. The van der Waals surface area contributed by atoms with Crippen molar-refractivity contribution >= 4 is 22.7 Å². The minimum atomic E-state index is -0.467. The minimum Gasteiger partial charge on any atom is -0.335 e. The molecule has 3 N–H and O–H groups in total. The van der Waals surface area contributed by atoms with Crippen LogP contribution in [0.3, 0.4) is 0 Å². The van der Waals surface area contributed by atoms with Gasteiger partial charge in [0.2, 0.25) is 5.82 Å². The first-order valence-corrected chi connectivity index (χ1v) is 9.87. The summed E-state index contributed by atoms with van der Waals surface area (Å²) in [6, 6.07) is 9.66. The number of aliphatic imine (C=N–C) groups is 2. The van der Waals surface area contributed by atoms with Crippen molar-refractivity contribution in [2.45, 2.75) is 19.3 Å². The number of rotatable bonds is 6. The summed E-state index contributed by atoms with van der Waals surface area (Å²) in [4.78, 5) is 16.8. The number of fused-ring (bicyclic) bond motifs is 1. The molecule has 1 aromatic carbocycles. The Balaban J connectivity index is 1.72. The molecule has 2 aliphatic rings. The van der Waals surface area contributed by atoms with E-state index in [0.717, 1.165) is 18.3 Å². The van der Waals surface area contributed by atoms with Crippen LogP contribution in [0, 0.1) is 5.82 Å². The minimum absolute atomic E-state index is 0.135. The molecule has 0 amide bonds. The molecule has 2 aromatic rings. The molecular formula is C20H21ClFN9. The molecule has 0 radical (unpaired) electrons. The van der Waals surface area contributed by atoms with E-state index in [4.69, 9.17) is 17.4 Å². The highest BCUT2D eigenvalue weighted by atomic mass is 35.5. The van der Waals surface area contributed by atoms with Gasteiger partial charge in [-0.05, 0) is 42.9 Å². The molecule has 11 heteroatoms. The fraction of sp³-hybridized carbons (Fsp3) is 0.250. The fourth-order valence-electron chi connectivity index (χ4n) is 3.49. The van der Waals surface area contributed by atoms with E-state index < -0.39 is 12.0 Å². The topological polar surface area (TPSA) is 107 Å². The first-order chi connectivity index (χ1) is 14.9. The van der Waals surface area contributed by atoms with E-state index in [-0.39, 0.29) is 11.1 Å². The van der Waals surface area contributed by atoms with E-state index in [9.17, 15) is 4.39 Å². The molecule has 9 nitrogen and oxygen atoms in total. The lowest BCUT2D eigenvalue weighted by atomic mass is 10.1. The number of nitrogens with one attached hydrogen (secondary N) is 1. The maximum absolute atomic E-state index is 13.9. The predicted molar refractivity (Wildman–Crippen MR) is 116 cm³/mol. The zero-order valence-electron chi connectivity index (χ0n) is 17.0. The molecule has 160 valence electrons. The van der Waals surface area contributed by atoms with E-state index in [1.54, 1.807) is 6.20 Å². The maximum atomic E-state index is 13.9. The van der Waals surface area contributed by atoms with Crippen LogP contribution in [0.4, 0.5) is 4.39 Å². The molecule has 0 saturated heterocycles. The van der Waals surface area contributed by atoms with Crippen molar-refractivity contribution in [2.24, 2.45) is 26.2 Å². The molecule has 1 unspecified atom stereocenters. The van der Waals surface area contributed by atoms with Crippen LogP contribution >= 0.6 is 11.6 Å². The molecule has 0 fully saturated rings. The number of hydrogen-bond donors (Lipinski definition) is 2. The van der Waals surface area contributed by atoms with Crippen LogP contribution in [0.2, 0.25) is 0 Å². The second-order valence-electron chi connectivity index (χ2n) is 7.38. The van der Waals surface area contributed by atoms with Gasteiger partial charge in [-0.15, -0.1) is 5.11 Å². The van der Waals surface area contributed by atoms with Crippen LogP contribution in [0.1, 0.15) is 16.7 Å². The number of benzene rings is 1. The number of hydrogen-bond acceptors (Lipinski definition) is 8. The smallest absolute Gasteiger partial charge is 0.204 e. The van der Waals surface area contributed by atoms with Gasteiger partial charge in [-0.25, -0.2) is 9.38 Å². The van der Waals surface area contributed by atoms with Crippen LogP contribution in [0.25, 0.3) is 0 Å². The Morgan fingerprint density at radius 2 is 1.94 bits per heavy atom. The summed E-state index contributed by atoms with van der Waals surface area (Å²) in [7, 11) is 4.05. The van der Waals surface area contributed by atoms with E-state index in [0.29, 0.717) is 23.6 Å².